The SMILES string of the molecule is c1ccc(N=NNNc2ccc(-c3nc4ccccc4s3)cc2)cc1. The Bertz CT molecular complexity index is 960. The molecular weight excluding hydrogens is 330 g/mol. The van der Waals surface area contributed by atoms with Crippen LogP contribution in [0.4, 0.5) is 11.4 Å². The highest BCUT2D eigenvalue weighted by Gasteiger charge is 2.05. The first-order valence-corrected chi connectivity index (χ1v) is 8.63. The molecule has 2 N–H and O–H groups in total. The van der Waals surface area contributed by atoms with E-state index in [0.717, 1.165) is 27.5 Å². The smallest absolute Gasteiger partial charge is 0.124 e. The summed E-state index contributed by atoms with van der Waals surface area (Å²) in [4.78, 5) is 4.67. The van der Waals surface area contributed by atoms with Crippen LogP contribution in [0.1, 0.15) is 0 Å². The fourth-order valence-electron chi connectivity index (χ4n) is 2.36. The summed E-state index contributed by atoms with van der Waals surface area (Å²) in [5, 5.41) is 8.97. The molecule has 4 rings (SSSR count). The average molecular weight is 345 g/mol. The number of anilines is 1. The number of rotatable bonds is 5. The average Bonchev–Trinajstić information content (AvgIpc) is 3.11. The molecule has 0 spiro atoms. The van der Waals surface area contributed by atoms with E-state index in [2.05, 4.69) is 32.3 Å². The van der Waals surface area contributed by atoms with Gasteiger partial charge in [-0.05, 0) is 48.5 Å². The van der Waals surface area contributed by atoms with Gasteiger partial charge in [-0.1, -0.05) is 35.6 Å². The van der Waals surface area contributed by atoms with E-state index in [-0.39, 0.29) is 0 Å². The molecule has 0 amide bonds. The fraction of sp³-hybridized carbons (Fsp3) is 0. The van der Waals surface area contributed by atoms with Crippen molar-refractivity contribution in [2.75, 3.05) is 5.43 Å². The molecule has 0 aliphatic carbocycles. The van der Waals surface area contributed by atoms with Crippen LogP contribution in [0, 0.1) is 0 Å². The molecular formula is C19H15N5S. The highest BCUT2D eigenvalue weighted by Crippen LogP contribution is 2.30. The van der Waals surface area contributed by atoms with Crippen molar-refractivity contribution in [3.05, 3.63) is 78.9 Å². The minimum absolute atomic E-state index is 0.794. The van der Waals surface area contributed by atoms with E-state index < -0.39 is 0 Å². The molecule has 0 atom stereocenters. The minimum atomic E-state index is 0.794. The number of para-hydroxylation sites is 1. The van der Waals surface area contributed by atoms with Crippen LogP contribution < -0.4 is 11.0 Å². The van der Waals surface area contributed by atoms with Gasteiger partial charge in [-0.2, -0.15) is 0 Å². The van der Waals surface area contributed by atoms with Crippen LogP contribution >= 0.6 is 11.3 Å². The van der Waals surface area contributed by atoms with Crippen LogP contribution in [0.5, 0.6) is 0 Å². The number of fused-ring (bicyclic) bond motifs is 1. The lowest BCUT2D eigenvalue weighted by Gasteiger charge is -2.04. The van der Waals surface area contributed by atoms with Crippen molar-refractivity contribution in [2.45, 2.75) is 0 Å². The van der Waals surface area contributed by atoms with Gasteiger partial charge in [0.15, 0.2) is 0 Å². The Morgan fingerprint density at radius 2 is 1.56 bits per heavy atom. The summed E-state index contributed by atoms with van der Waals surface area (Å²) in [6, 6.07) is 25.8. The largest absolute Gasteiger partial charge is 0.284 e. The minimum Gasteiger partial charge on any atom is -0.284 e. The lowest BCUT2D eigenvalue weighted by atomic mass is 10.2. The van der Waals surface area contributed by atoms with Crippen molar-refractivity contribution in [2.24, 2.45) is 10.3 Å². The number of hydrazine groups is 1. The summed E-state index contributed by atoms with van der Waals surface area (Å²) in [5.41, 5.74) is 9.54. The van der Waals surface area contributed by atoms with E-state index in [1.165, 1.54) is 4.70 Å². The van der Waals surface area contributed by atoms with Gasteiger partial charge in [0, 0.05) is 5.56 Å². The zero-order valence-electron chi connectivity index (χ0n) is 13.3. The monoisotopic (exact) mass is 345 g/mol. The van der Waals surface area contributed by atoms with E-state index in [1.807, 2.05) is 72.8 Å². The highest BCUT2D eigenvalue weighted by molar-refractivity contribution is 7.21. The third-order valence-corrected chi connectivity index (χ3v) is 4.68. The predicted molar refractivity (Wildman–Crippen MR) is 103 cm³/mol. The first kappa shape index (κ1) is 15.3. The van der Waals surface area contributed by atoms with Gasteiger partial charge in [0.2, 0.25) is 0 Å². The van der Waals surface area contributed by atoms with Gasteiger partial charge in [0.25, 0.3) is 0 Å². The summed E-state index contributed by atoms with van der Waals surface area (Å²) < 4.78 is 1.20. The molecule has 0 unspecified atom stereocenters. The van der Waals surface area contributed by atoms with Crippen LogP contribution in [-0.4, -0.2) is 4.98 Å². The quantitative estimate of drug-likeness (QED) is 0.367. The zero-order valence-corrected chi connectivity index (χ0v) is 14.1. The highest BCUT2D eigenvalue weighted by atomic mass is 32.1. The molecule has 0 bridgehead atoms. The van der Waals surface area contributed by atoms with Gasteiger partial charge in [0.1, 0.15) is 5.01 Å². The van der Waals surface area contributed by atoms with Gasteiger partial charge in [0.05, 0.1) is 21.6 Å². The Labute approximate surface area is 149 Å². The van der Waals surface area contributed by atoms with Crippen molar-refractivity contribution in [1.29, 1.82) is 0 Å². The first-order valence-electron chi connectivity index (χ1n) is 7.81. The number of nitrogens with one attached hydrogen (secondary N) is 2. The Morgan fingerprint density at radius 1 is 0.800 bits per heavy atom. The van der Waals surface area contributed by atoms with Crippen LogP contribution in [-0.2, 0) is 0 Å². The molecule has 3 aromatic carbocycles. The summed E-state index contributed by atoms with van der Waals surface area (Å²) in [5.74, 6) is 0. The van der Waals surface area contributed by atoms with Crippen LogP contribution in [0.15, 0.2) is 89.2 Å². The summed E-state index contributed by atoms with van der Waals surface area (Å²) in [7, 11) is 0. The van der Waals surface area contributed by atoms with E-state index in [1.54, 1.807) is 11.3 Å². The van der Waals surface area contributed by atoms with Crippen molar-refractivity contribution in [3.8, 4) is 10.6 Å². The normalized spacial score (nSPS) is 11.0. The van der Waals surface area contributed by atoms with Crippen molar-refractivity contribution < 1.29 is 0 Å². The third-order valence-electron chi connectivity index (χ3n) is 3.60. The number of nitrogens with zero attached hydrogens (tertiary/aromatic N) is 3. The second-order valence-corrected chi connectivity index (χ2v) is 6.37. The van der Waals surface area contributed by atoms with Gasteiger partial charge in [-0.15, -0.1) is 16.5 Å². The van der Waals surface area contributed by atoms with Gasteiger partial charge < -0.3 is 0 Å². The lowest BCUT2D eigenvalue weighted by Crippen LogP contribution is -2.13. The number of benzene rings is 3. The molecule has 0 fully saturated rings. The van der Waals surface area contributed by atoms with Crippen molar-refractivity contribution in [3.63, 3.8) is 0 Å². The van der Waals surface area contributed by atoms with Gasteiger partial charge >= 0.3 is 0 Å². The molecule has 0 saturated carbocycles. The van der Waals surface area contributed by atoms with Gasteiger partial charge in [-0.3, -0.25) is 5.43 Å². The topological polar surface area (TPSA) is 61.7 Å². The third kappa shape index (κ3) is 3.64. The standard InChI is InChI=1S/C19H15N5S/c1-2-6-15(7-3-1)21-23-24-22-16-12-10-14(11-13-16)19-20-17-8-4-5-9-18(17)25-19/h1-13H,(H,21,24)(H,22,23). The molecule has 1 heterocycles. The molecule has 1 aromatic heterocycles. The fourth-order valence-corrected chi connectivity index (χ4v) is 3.33. The Hall–Kier alpha value is -3.25. The van der Waals surface area contributed by atoms with E-state index in [0.29, 0.717) is 0 Å². The zero-order chi connectivity index (χ0) is 16.9. The van der Waals surface area contributed by atoms with E-state index in [9.17, 15) is 0 Å². The Kier molecular flexibility index (Phi) is 4.35. The molecule has 0 radical (unpaired) electrons. The molecule has 4 aromatic rings. The molecule has 0 aliphatic rings. The second kappa shape index (κ2) is 7.11. The number of thiazole rings is 1. The van der Waals surface area contributed by atoms with Crippen molar-refractivity contribution >= 4 is 32.9 Å². The maximum Gasteiger partial charge on any atom is 0.124 e. The molecule has 0 saturated heterocycles. The summed E-state index contributed by atoms with van der Waals surface area (Å²) >= 11 is 1.69. The number of hydrogen-bond acceptors (Lipinski definition) is 5. The Morgan fingerprint density at radius 3 is 2.36 bits per heavy atom. The summed E-state index contributed by atoms with van der Waals surface area (Å²) in [6.45, 7) is 0. The maximum atomic E-state index is 4.67. The molecule has 122 valence electrons. The Balaban J connectivity index is 1.41. The molecule has 5 nitrogen and oxygen atoms in total. The van der Waals surface area contributed by atoms with Crippen LogP contribution in [0.25, 0.3) is 20.8 Å². The number of aromatic nitrogens is 1. The predicted octanol–water partition coefficient (Wildman–Crippen LogP) is 5.58. The van der Waals surface area contributed by atoms with Gasteiger partial charge in [-0.25, -0.2) is 10.5 Å². The van der Waals surface area contributed by atoms with E-state index in [4.69, 9.17) is 0 Å². The molecule has 0 aliphatic heterocycles. The lowest BCUT2D eigenvalue weighted by molar-refractivity contribution is 0.806. The molecule has 6 heteroatoms. The number of hydrogen-bond donors (Lipinski definition) is 2. The first-order chi connectivity index (χ1) is 12.4. The van der Waals surface area contributed by atoms with Crippen LogP contribution in [0.2, 0.25) is 0 Å². The molecule has 25 heavy (non-hydrogen) atoms. The summed E-state index contributed by atoms with van der Waals surface area (Å²) in [6.07, 6.45) is 0. The maximum absolute atomic E-state index is 4.67. The van der Waals surface area contributed by atoms with Crippen LogP contribution in [0.3, 0.4) is 0 Å². The van der Waals surface area contributed by atoms with E-state index >= 15 is 0 Å². The second-order valence-electron chi connectivity index (χ2n) is 5.34. The van der Waals surface area contributed by atoms with Crippen molar-refractivity contribution in [1.82, 2.24) is 10.5 Å².